The molecule has 1 aromatic heterocycles. The van der Waals surface area contributed by atoms with E-state index in [0.29, 0.717) is 6.42 Å². The minimum atomic E-state index is -0.534. The van der Waals surface area contributed by atoms with E-state index in [4.69, 9.17) is 5.73 Å². The van der Waals surface area contributed by atoms with Crippen molar-refractivity contribution in [3.8, 4) is 0 Å². The van der Waals surface area contributed by atoms with Crippen molar-refractivity contribution in [3.63, 3.8) is 0 Å². The van der Waals surface area contributed by atoms with Crippen molar-refractivity contribution >= 4 is 5.91 Å². The zero-order valence-electron chi connectivity index (χ0n) is 7.43. The topological polar surface area (TPSA) is 65.1 Å². The molecule has 0 aliphatic carbocycles. The van der Waals surface area contributed by atoms with Gasteiger partial charge in [-0.05, 0) is 12.5 Å². The van der Waals surface area contributed by atoms with Crippen molar-refractivity contribution in [1.82, 2.24) is 4.57 Å². The maximum Gasteiger partial charge on any atom is 0.251 e. The van der Waals surface area contributed by atoms with E-state index in [1.54, 1.807) is 18.3 Å². The lowest BCUT2D eigenvalue weighted by molar-refractivity contribution is -0.121. The van der Waals surface area contributed by atoms with Gasteiger partial charge in [-0.2, -0.15) is 0 Å². The molecule has 1 rings (SSSR count). The maximum atomic E-state index is 11.3. The Hall–Kier alpha value is -1.58. The Morgan fingerprint density at radius 3 is 2.77 bits per heavy atom. The van der Waals surface area contributed by atoms with Gasteiger partial charge in [-0.25, -0.2) is 0 Å². The maximum absolute atomic E-state index is 11.3. The third kappa shape index (κ3) is 1.96. The molecule has 0 spiro atoms. The molecule has 70 valence electrons. The zero-order chi connectivity index (χ0) is 9.84. The largest absolute Gasteiger partial charge is 0.368 e. The zero-order valence-corrected chi connectivity index (χ0v) is 7.43. The highest BCUT2D eigenvalue weighted by Crippen LogP contribution is 2.06. The Labute approximate surface area is 76.0 Å². The molecule has 4 nitrogen and oxygen atoms in total. The van der Waals surface area contributed by atoms with E-state index < -0.39 is 11.9 Å². The Bertz CT molecular complexity index is 357. The molecule has 0 aliphatic rings. The molecular formula is C9H12N2O2. The number of hydrogen-bond donors (Lipinski definition) is 1. The van der Waals surface area contributed by atoms with Gasteiger partial charge < -0.3 is 10.3 Å². The number of carbonyl (C=O) groups excluding carboxylic acids is 1. The summed E-state index contributed by atoms with van der Waals surface area (Å²) in [5.74, 6) is -0.476. The molecule has 0 bridgehead atoms. The van der Waals surface area contributed by atoms with Gasteiger partial charge in [0, 0.05) is 12.3 Å². The summed E-state index contributed by atoms with van der Waals surface area (Å²) in [7, 11) is 0. The molecule has 2 N–H and O–H groups in total. The molecular weight excluding hydrogens is 168 g/mol. The second-order valence-corrected chi connectivity index (χ2v) is 2.77. The lowest BCUT2D eigenvalue weighted by Gasteiger charge is -2.13. The number of nitrogens with zero attached hydrogens (tertiary/aromatic N) is 1. The van der Waals surface area contributed by atoms with E-state index >= 15 is 0 Å². The molecule has 0 aromatic carbocycles. The average molecular weight is 180 g/mol. The van der Waals surface area contributed by atoms with Gasteiger partial charge in [-0.3, -0.25) is 9.59 Å². The van der Waals surface area contributed by atoms with Crippen LogP contribution in [0.3, 0.4) is 0 Å². The highest BCUT2D eigenvalue weighted by Gasteiger charge is 2.14. The van der Waals surface area contributed by atoms with Crippen LogP contribution in [0.2, 0.25) is 0 Å². The third-order valence-corrected chi connectivity index (χ3v) is 1.90. The number of nitrogens with two attached hydrogens (primary N) is 1. The first kappa shape index (κ1) is 9.51. The smallest absolute Gasteiger partial charge is 0.251 e. The summed E-state index contributed by atoms with van der Waals surface area (Å²) in [4.78, 5) is 22.2. The Morgan fingerprint density at radius 2 is 2.31 bits per heavy atom. The predicted molar refractivity (Wildman–Crippen MR) is 49.2 cm³/mol. The van der Waals surface area contributed by atoms with Crippen LogP contribution in [0.25, 0.3) is 0 Å². The minimum Gasteiger partial charge on any atom is -0.368 e. The van der Waals surface area contributed by atoms with Gasteiger partial charge in [0.1, 0.15) is 6.04 Å². The molecule has 0 saturated heterocycles. The number of aromatic nitrogens is 1. The lowest BCUT2D eigenvalue weighted by atomic mass is 10.2. The lowest BCUT2D eigenvalue weighted by Crippen LogP contribution is -2.32. The van der Waals surface area contributed by atoms with E-state index in [-0.39, 0.29) is 5.56 Å². The second-order valence-electron chi connectivity index (χ2n) is 2.77. The summed E-state index contributed by atoms with van der Waals surface area (Å²) in [5.41, 5.74) is 4.95. The highest BCUT2D eigenvalue weighted by molar-refractivity contribution is 5.78. The van der Waals surface area contributed by atoms with Gasteiger partial charge in [0.2, 0.25) is 5.91 Å². The molecule has 1 amide bonds. The second kappa shape index (κ2) is 3.89. The van der Waals surface area contributed by atoms with Crippen molar-refractivity contribution < 1.29 is 4.79 Å². The Morgan fingerprint density at radius 1 is 1.62 bits per heavy atom. The Kier molecular flexibility index (Phi) is 2.84. The van der Waals surface area contributed by atoms with Crippen LogP contribution in [0.1, 0.15) is 19.4 Å². The number of carbonyl (C=O) groups is 1. The fraction of sp³-hybridized carbons (Fsp3) is 0.333. The van der Waals surface area contributed by atoms with Gasteiger partial charge in [0.15, 0.2) is 0 Å². The van der Waals surface area contributed by atoms with E-state index in [1.807, 2.05) is 6.92 Å². The number of primary amides is 1. The molecule has 13 heavy (non-hydrogen) atoms. The SMILES string of the molecule is CCC(C(N)=O)n1ccccc1=O. The minimum absolute atomic E-state index is 0.201. The summed E-state index contributed by atoms with van der Waals surface area (Å²) in [5, 5.41) is 0. The van der Waals surface area contributed by atoms with Gasteiger partial charge >= 0.3 is 0 Å². The highest BCUT2D eigenvalue weighted by atomic mass is 16.2. The number of pyridine rings is 1. The molecule has 1 aromatic rings. The standard InChI is InChI=1S/C9H12N2O2/c1-2-7(9(10)13)11-6-4-3-5-8(11)12/h3-7H,2H2,1H3,(H2,10,13). The van der Waals surface area contributed by atoms with E-state index in [9.17, 15) is 9.59 Å². The van der Waals surface area contributed by atoms with Crippen molar-refractivity contribution in [1.29, 1.82) is 0 Å². The van der Waals surface area contributed by atoms with Crippen LogP contribution in [-0.2, 0) is 4.79 Å². The fourth-order valence-electron chi connectivity index (χ4n) is 1.23. The molecule has 1 unspecified atom stereocenters. The van der Waals surface area contributed by atoms with Crippen LogP contribution < -0.4 is 11.3 Å². The van der Waals surface area contributed by atoms with Crippen molar-refractivity contribution in [2.24, 2.45) is 5.73 Å². The van der Waals surface area contributed by atoms with Crippen LogP contribution in [-0.4, -0.2) is 10.5 Å². The quantitative estimate of drug-likeness (QED) is 0.726. The number of hydrogen-bond acceptors (Lipinski definition) is 2. The predicted octanol–water partition coefficient (Wildman–Crippen LogP) is 0.285. The first-order valence-electron chi connectivity index (χ1n) is 4.13. The summed E-state index contributed by atoms with van der Waals surface area (Å²) < 4.78 is 1.35. The third-order valence-electron chi connectivity index (χ3n) is 1.90. The number of amides is 1. The summed E-state index contributed by atoms with van der Waals surface area (Å²) in [6.07, 6.45) is 2.10. The molecule has 1 heterocycles. The first-order valence-corrected chi connectivity index (χ1v) is 4.13. The van der Waals surface area contributed by atoms with Crippen LogP contribution >= 0.6 is 0 Å². The van der Waals surface area contributed by atoms with E-state index in [0.717, 1.165) is 0 Å². The summed E-state index contributed by atoms with van der Waals surface area (Å²) >= 11 is 0. The van der Waals surface area contributed by atoms with Crippen LogP contribution in [0, 0.1) is 0 Å². The molecule has 0 radical (unpaired) electrons. The average Bonchev–Trinajstić information content (AvgIpc) is 2.09. The van der Waals surface area contributed by atoms with Crippen LogP contribution in [0.5, 0.6) is 0 Å². The first-order chi connectivity index (χ1) is 6.16. The van der Waals surface area contributed by atoms with Gasteiger partial charge in [0.25, 0.3) is 5.56 Å². The number of rotatable bonds is 3. The Balaban J connectivity index is 3.12. The molecule has 1 atom stereocenters. The molecule has 4 heteroatoms. The molecule has 0 fully saturated rings. The van der Waals surface area contributed by atoms with Gasteiger partial charge in [0.05, 0.1) is 0 Å². The van der Waals surface area contributed by atoms with Crippen LogP contribution in [0.15, 0.2) is 29.2 Å². The van der Waals surface area contributed by atoms with Crippen molar-refractivity contribution in [2.45, 2.75) is 19.4 Å². The normalized spacial score (nSPS) is 12.4. The van der Waals surface area contributed by atoms with Gasteiger partial charge in [-0.15, -0.1) is 0 Å². The van der Waals surface area contributed by atoms with Crippen molar-refractivity contribution in [2.75, 3.05) is 0 Å². The van der Waals surface area contributed by atoms with E-state index in [1.165, 1.54) is 10.6 Å². The van der Waals surface area contributed by atoms with Gasteiger partial charge in [-0.1, -0.05) is 13.0 Å². The fourth-order valence-corrected chi connectivity index (χ4v) is 1.23. The summed E-state index contributed by atoms with van der Waals surface area (Å²) in [6.45, 7) is 1.81. The molecule has 0 aliphatic heterocycles. The van der Waals surface area contributed by atoms with Crippen LogP contribution in [0.4, 0.5) is 0 Å². The van der Waals surface area contributed by atoms with Crippen molar-refractivity contribution in [3.05, 3.63) is 34.7 Å². The molecule has 0 saturated carbocycles. The van der Waals surface area contributed by atoms with E-state index in [2.05, 4.69) is 0 Å². The summed E-state index contributed by atoms with van der Waals surface area (Å²) in [6, 6.07) is 4.21. The monoisotopic (exact) mass is 180 g/mol.